The highest BCUT2D eigenvalue weighted by Gasteiger charge is 2.45. The first-order chi connectivity index (χ1) is 8.70. The number of hydrogen-bond donors (Lipinski definition) is 1. The van der Waals surface area contributed by atoms with E-state index in [9.17, 15) is 0 Å². The van der Waals surface area contributed by atoms with Crippen LogP contribution in [0, 0.1) is 11.3 Å². The molecule has 0 heterocycles. The van der Waals surface area contributed by atoms with Crippen molar-refractivity contribution < 1.29 is 0 Å². The van der Waals surface area contributed by atoms with Gasteiger partial charge in [-0.05, 0) is 48.5 Å². The van der Waals surface area contributed by atoms with E-state index in [4.69, 9.17) is 0 Å². The third kappa shape index (κ3) is 2.33. The van der Waals surface area contributed by atoms with E-state index < -0.39 is 0 Å². The molecule has 1 nitrogen and oxygen atoms in total. The van der Waals surface area contributed by atoms with Gasteiger partial charge in [0, 0.05) is 12.6 Å². The molecule has 0 amide bonds. The van der Waals surface area contributed by atoms with E-state index in [-0.39, 0.29) is 0 Å². The van der Waals surface area contributed by atoms with Crippen LogP contribution in [0.15, 0.2) is 30.3 Å². The molecule has 1 heteroatoms. The standard InChI is InChI=1S/C17H25N/c1-13(2)17(8-9-17)12-18-16-10-15(11-16)14-6-4-3-5-7-14/h3-7,13,15-16,18H,8-12H2,1-2H3. The molecule has 1 N–H and O–H groups in total. The van der Waals surface area contributed by atoms with Crippen LogP contribution in [0.1, 0.15) is 51.0 Å². The lowest BCUT2D eigenvalue weighted by atomic mass is 9.75. The minimum atomic E-state index is 0.651. The molecular formula is C17H25N. The molecule has 18 heavy (non-hydrogen) atoms. The SMILES string of the molecule is CC(C)C1(CNC2CC(c3ccccc3)C2)CC1. The first-order valence-electron chi connectivity index (χ1n) is 7.48. The van der Waals surface area contributed by atoms with E-state index >= 15 is 0 Å². The fourth-order valence-corrected chi connectivity index (χ4v) is 3.25. The topological polar surface area (TPSA) is 12.0 Å². The van der Waals surface area contributed by atoms with Gasteiger partial charge in [-0.1, -0.05) is 44.2 Å². The second-order valence-corrected chi connectivity index (χ2v) is 6.67. The molecule has 0 aromatic heterocycles. The van der Waals surface area contributed by atoms with Gasteiger partial charge in [-0.15, -0.1) is 0 Å². The molecular weight excluding hydrogens is 218 g/mol. The molecule has 98 valence electrons. The number of rotatable bonds is 5. The van der Waals surface area contributed by atoms with Gasteiger partial charge in [0.1, 0.15) is 0 Å². The predicted molar refractivity (Wildman–Crippen MR) is 76.7 cm³/mol. The third-order valence-corrected chi connectivity index (χ3v) is 5.27. The smallest absolute Gasteiger partial charge is 0.00789 e. The van der Waals surface area contributed by atoms with Crippen LogP contribution < -0.4 is 5.32 Å². The molecule has 1 aromatic carbocycles. The van der Waals surface area contributed by atoms with Crippen LogP contribution in [-0.4, -0.2) is 12.6 Å². The average Bonchev–Trinajstić information content (AvgIpc) is 3.09. The van der Waals surface area contributed by atoms with Crippen molar-refractivity contribution in [1.29, 1.82) is 0 Å². The third-order valence-electron chi connectivity index (χ3n) is 5.27. The van der Waals surface area contributed by atoms with Gasteiger partial charge < -0.3 is 5.32 Å². The Labute approximate surface area is 111 Å². The van der Waals surface area contributed by atoms with Crippen molar-refractivity contribution in [3.8, 4) is 0 Å². The monoisotopic (exact) mass is 243 g/mol. The summed E-state index contributed by atoms with van der Waals surface area (Å²) in [7, 11) is 0. The van der Waals surface area contributed by atoms with Crippen molar-refractivity contribution in [2.45, 2.75) is 51.5 Å². The molecule has 2 aliphatic carbocycles. The highest BCUT2D eigenvalue weighted by atomic mass is 15.0. The van der Waals surface area contributed by atoms with Gasteiger partial charge in [0.05, 0.1) is 0 Å². The van der Waals surface area contributed by atoms with Crippen LogP contribution >= 0.6 is 0 Å². The van der Waals surface area contributed by atoms with Crippen molar-refractivity contribution >= 4 is 0 Å². The Kier molecular flexibility index (Phi) is 3.19. The van der Waals surface area contributed by atoms with Gasteiger partial charge in [0.25, 0.3) is 0 Å². The molecule has 1 aromatic rings. The zero-order chi connectivity index (χ0) is 12.6. The van der Waals surface area contributed by atoms with E-state index in [1.165, 1.54) is 37.8 Å². The number of nitrogens with one attached hydrogen (secondary N) is 1. The molecule has 2 fully saturated rings. The average molecular weight is 243 g/mol. The molecule has 0 spiro atoms. The summed E-state index contributed by atoms with van der Waals surface area (Å²) in [4.78, 5) is 0. The zero-order valence-corrected chi connectivity index (χ0v) is 11.7. The lowest BCUT2D eigenvalue weighted by Gasteiger charge is -2.38. The van der Waals surface area contributed by atoms with E-state index in [0.29, 0.717) is 5.41 Å². The minimum absolute atomic E-state index is 0.651. The van der Waals surface area contributed by atoms with E-state index in [1.54, 1.807) is 0 Å². The van der Waals surface area contributed by atoms with Gasteiger partial charge in [0.15, 0.2) is 0 Å². The first kappa shape index (κ1) is 12.2. The Balaban J connectivity index is 1.44. The summed E-state index contributed by atoms with van der Waals surface area (Å²) in [5, 5.41) is 3.80. The van der Waals surface area contributed by atoms with Crippen LogP contribution in [0.25, 0.3) is 0 Å². The Morgan fingerprint density at radius 1 is 1.17 bits per heavy atom. The minimum Gasteiger partial charge on any atom is -0.313 e. The second kappa shape index (κ2) is 4.70. The molecule has 0 bridgehead atoms. The van der Waals surface area contributed by atoms with Crippen LogP contribution in [0.4, 0.5) is 0 Å². The van der Waals surface area contributed by atoms with Crippen LogP contribution in [0.2, 0.25) is 0 Å². The summed E-state index contributed by atoms with van der Waals surface area (Å²) in [6.45, 7) is 6.00. The molecule has 0 unspecified atom stereocenters. The maximum absolute atomic E-state index is 3.80. The molecule has 0 aliphatic heterocycles. The normalized spacial score (nSPS) is 29.1. The highest BCUT2D eigenvalue weighted by Crippen LogP contribution is 2.51. The molecule has 0 radical (unpaired) electrons. The first-order valence-corrected chi connectivity index (χ1v) is 7.48. The Morgan fingerprint density at radius 2 is 1.83 bits per heavy atom. The Hall–Kier alpha value is -0.820. The largest absolute Gasteiger partial charge is 0.313 e. The predicted octanol–water partition coefficient (Wildman–Crippen LogP) is 3.96. The fraction of sp³-hybridized carbons (Fsp3) is 0.647. The van der Waals surface area contributed by atoms with Crippen molar-refractivity contribution in [2.24, 2.45) is 11.3 Å². The summed E-state index contributed by atoms with van der Waals surface area (Å²) < 4.78 is 0. The Bertz CT molecular complexity index is 385. The van der Waals surface area contributed by atoms with E-state index in [0.717, 1.165) is 17.9 Å². The van der Waals surface area contributed by atoms with Gasteiger partial charge >= 0.3 is 0 Å². The molecule has 0 saturated heterocycles. The van der Waals surface area contributed by atoms with Gasteiger partial charge in [-0.2, -0.15) is 0 Å². The van der Waals surface area contributed by atoms with Crippen molar-refractivity contribution in [3.63, 3.8) is 0 Å². The van der Waals surface area contributed by atoms with Gasteiger partial charge in [-0.3, -0.25) is 0 Å². The summed E-state index contributed by atoms with van der Waals surface area (Å²) in [6, 6.07) is 11.8. The fourth-order valence-electron chi connectivity index (χ4n) is 3.25. The van der Waals surface area contributed by atoms with Crippen LogP contribution in [0.3, 0.4) is 0 Å². The quantitative estimate of drug-likeness (QED) is 0.825. The Morgan fingerprint density at radius 3 is 2.39 bits per heavy atom. The summed E-state index contributed by atoms with van der Waals surface area (Å²) in [6.07, 6.45) is 5.54. The highest BCUT2D eigenvalue weighted by molar-refractivity contribution is 5.22. The molecule has 2 aliphatic rings. The summed E-state index contributed by atoms with van der Waals surface area (Å²) in [5.74, 6) is 1.65. The maximum Gasteiger partial charge on any atom is 0.00789 e. The van der Waals surface area contributed by atoms with Crippen LogP contribution in [0.5, 0.6) is 0 Å². The zero-order valence-electron chi connectivity index (χ0n) is 11.7. The number of hydrogen-bond acceptors (Lipinski definition) is 1. The maximum atomic E-state index is 3.80. The number of benzene rings is 1. The molecule has 3 rings (SSSR count). The van der Waals surface area contributed by atoms with Gasteiger partial charge in [0.2, 0.25) is 0 Å². The summed E-state index contributed by atoms with van der Waals surface area (Å²) in [5.41, 5.74) is 2.18. The second-order valence-electron chi connectivity index (χ2n) is 6.67. The van der Waals surface area contributed by atoms with Crippen molar-refractivity contribution in [3.05, 3.63) is 35.9 Å². The van der Waals surface area contributed by atoms with Crippen LogP contribution in [-0.2, 0) is 0 Å². The lowest BCUT2D eigenvalue weighted by molar-refractivity contribution is 0.247. The molecule has 0 atom stereocenters. The summed E-state index contributed by atoms with van der Waals surface area (Å²) >= 11 is 0. The van der Waals surface area contributed by atoms with E-state index in [1.807, 2.05) is 0 Å². The van der Waals surface area contributed by atoms with Crippen molar-refractivity contribution in [1.82, 2.24) is 5.32 Å². The van der Waals surface area contributed by atoms with Gasteiger partial charge in [-0.25, -0.2) is 0 Å². The van der Waals surface area contributed by atoms with E-state index in [2.05, 4.69) is 49.5 Å². The lowest BCUT2D eigenvalue weighted by Crippen LogP contribution is -2.43. The molecule has 2 saturated carbocycles. The van der Waals surface area contributed by atoms with Crippen molar-refractivity contribution in [2.75, 3.05) is 6.54 Å².